The van der Waals surface area contributed by atoms with Gasteiger partial charge in [-0.2, -0.15) is 0 Å². The summed E-state index contributed by atoms with van der Waals surface area (Å²) in [7, 11) is 0. The maximum absolute atomic E-state index is 3.71. The van der Waals surface area contributed by atoms with Gasteiger partial charge in [0.2, 0.25) is 0 Å². The van der Waals surface area contributed by atoms with Gasteiger partial charge in [-0.15, -0.1) is 0 Å². The molecule has 2 rings (SSSR count). The average molecular weight is 290 g/mol. The lowest BCUT2D eigenvalue weighted by molar-refractivity contribution is 0.707. The number of fused-ring (bicyclic) bond motifs is 1. The number of aryl methyl sites for hydroxylation is 1. The number of benzene rings is 1. The van der Waals surface area contributed by atoms with Crippen molar-refractivity contribution in [3.05, 3.63) is 35.4 Å². The number of alkyl halides is 2. The Labute approximate surface area is 89.6 Å². The van der Waals surface area contributed by atoms with Crippen LogP contribution in [-0.2, 0) is 6.42 Å². The highest BCUT2D eigenvalue weighted by atomic mass is 79.9. The Morgan fingerprint density at radius 1 is 1.17 bits per heavy atom. The number of halogens is 2. The van der Waals surface area contributed by atoms with Crippen LogP contribution in [0.1, 0.15) is 22.4 Å². The Kier molecular flexibility index (Phi) is 2.56. The van der Waals surface area contributed by atoms with E-state index in [1.54, 1.807) is 0 Å². The largest absolute Gasteiger partial charge is 0.0875 e. The maximum atomic E-state index is 3.71. The van der Waals surface area contributed by atoms with E-state index in [0.29, 0.717) is 9.65 Å². The van der Waals surface area contributed by atoms with Crippen LogP contribution < -0.4 is 0 Å². The van der Waals surface area contributed by atoms with Gasteiger partial charge in [0.15, 0.2) is 0 Å². The van der Waals surface area contributed by atoms with E-state index in [9.17, 15) is 0 Å². The SMILES string of the molecule is Br[C@H]1CCc2ccccc2[C@@H]1Br. The molecule has 0 saturated heterocycles. The van der Waals surface area contributed by atoms with Crippen LogP contribution >= 0.6 is 31.9 Å². The average Bonchev–Trinajstić information content (AvgIpc) is 2.12. The van der Waals surface area contributed by atoms with Gasteiger partial charge in [-0.3, -0.25) is 0 Å². The van der Waals surface area contributed by atoms with Crippen LogP contribution in [0, 0.1) is 0 Å². The van der Waals surface area contributed by atoms with Crippen molar-refractivity contribution in [1.82, 2.24) is 0 Å². The number of hydrogen-bond acceptors (Lipinski definition) is 0. The number of rotatable bonds is 0. The summed E-state index contributed by atoms with van der Waals surface area (Å²) in [5, 5.41) is 0. The summed E-state index contributed by atoms with van der Waals surface area (Å²) < 4.78 is 0. The van der Waals surface area contributed by atoms with Crippen molar-refractivity contribution < 1.29 is 0 Å². The van der Waals surface area contributed by atoms with Crippen LogP contribution in [-0.4, -0.2) is 4.83 Å². The van der Waals surface area contributed by atoms with Crippen LogP contribution in [0.25, 0.3) is 0 Å². The first-order chi connectivity index (χ1) is 5.79. The molecule has 2 atom stereocenters. The summed E-state index contributed by atoms with van der Waals surface area (Å²) in [4.78, 5) is 1.08. The topological polar surface area (TPSA) is 0 Å². The van der Waals surface area contributed by atoms with Crippen LogP contribution in [0.3, 0.4) is 0 Å². The third-order valence-corrected chi connectivity index (χ3v) is 5.19. The van der Waals surface area contributed by atoms with Crippen molar-refractivity contribution in [3.63, 3.8) is 0 Å². The Bertz CT molecular complexity index is 283. The molecule has 12 heavy (non-hydrogen) atoms. The zero-order valence-corrected chi connectivity index (χ0v) is 9.81. The highest BCUT2D eigenvalue weighted by Gasteiger charge is 2.24. The van der Waals surface area contributed by atoms with Gasteiger partial charge < -0.3 is 0 Å². The molecule has 0 amide bonds. The second kappa shape index (κ2) is 3.51. The summed E-state index contributed by atoms with van der Waals surface area (Å²) in [6.45, 7) is 0. The standard InChI is InChI=1S/C10H10Br2/c11-9-6-5-7-3-1-2-4-8(7)10(9)12/h1-4,9-10H,5-6H2/t9-,10-/m0/s1. The first-order valence-corrected chi connectivity index (χ1v) is 5.98. The molecule has 0 aliphatic heterocycles. The molecule has 0 spiro atoms. The van der Waals surface area contributed by atoms with E-state index in [0.717, 1.165) is 0 Å². The minimum absolute atomic E-state index is 0.488. The molecule has 0 N–H and O–H groups in total. The molecule has 0 saturated carbocycles. The van der Waals surface area contributed by atoms with Gasteiger partial charge in [0, 0.05) is 4.83 Å². The predicted octanol–water partition coefficient (Wildman–Crippen LogP) is 3.83. The predicted molar refractivity (Wildman–Crippen MR) is 59.1 cm³/mol. The Hall–Kier alpha value is 0.180. The molecule has 0 bridgehead atoms. The quantitative estimate of drug-likeness (QED) is 0.637. The number of hydrogen-bond donors (Lipinski definition) is 0. The fourth-order valence-corrected chi connectivity index (χ4v) is 2.89. The Balaban J connectivity index is 2.42. The zero-order chi connectivity index (χ0) is 8.55. The minimum Gasteiger partial charge on any atom is -0.0875 e. The molecule has 1 aliphatic carbocycles. The molecule has 1 aliphatic rings. The van der Waals surface area contributed by atoms with Crippen molar-refractivity contribution >= 4 is 31.9 Å². The monoisotopic (exact) mass is 288 g/mol. The second-order valence-electron chi connectivity index (χ2n) is 3.16. The summed E-state index contributed by atoms with van der Waals surface area (Å²) >= 11 is 7.38. The minimum atomic E-state index is 0.488. The lowest BCUT2D eigenvalue weighted by atomic mass is 9.92. The molecule has 64 valence electrons. The van der Waals surface area contributed by atoms with E-state index in [1.165, 1.54) is 24.0 Å². The molecule has 0 nitrogen and oxygen atoms in total. The zero-order valence-electron chi connectivity index (χ0n) is 6.63. The van der Waals surface area contributed by atoms with Gasteiger partial charge in [-0.25, -0.2) is 0 Å². The highest BCUT2D eigenvalue weighted by molar-refractivity contribution is 9.12. The summed E-state index contributed by atoms with van der Waals surface area (Å²) in [5.74, 6) is 0. The smallest absolute Gasteiger partial charge is 0.0523 e. The molecular formula is C10H10Br2. The van der Waals surface area contributed by atoms with Crippen molar-refractivity contribution in [2.24, 2.45) is 0 Å². The molecule has 0 aromatic heterocycles. The third-order valence-electron chi connectivity index (χ3n) is 2.36. The van der Waals surface area contributed by atoms with Crippen LogP contribution in [0.5, 0.6) is 0 Å². The molecule has 0 fully saturated rings. The van der Waals surface area contributed by atoms with E-state index < -0.39 is 0 Å². The summed E-state index contributed by atoms with van der Waals surface area (Å²) in [6.07, 6.45) is 2.43. The van der Waals surface area contributed by atoms with Crippen LogP contribution in [0.2, 0.25) is 0 Å². The van der Waals surface area contributed by atoms with Crippen LogP contribution in [0.15, 0.2) is 24.3 Å². The van der Waals surface area contributed by atoms with E-state index >= 15 is 0 Å². The Morgan fingerprint density at radius 3 is 2.75 bits per heavy atom. The van der Waals surface area contributed by atoms with Crippen molar-refractivity contribution in [3.8, 4) is 0 Å². The van der Waals surface area contributed by atoms with E-state index in [-0.39, 0.29) is 0 Å². The van der Waals surface area contributed by atoms with Gasteiger partial charge in [-0.05, 0) is 24.0 Å². The van der Waals surface area contributed by atoms with E-state index in [2.05, 4.69) is 56.1 Å². The van der Waals surface area contributed by atoms with Gasteiger partial charge in [0.05, 0.1) is 4.83 Å². The first-order valence-electron chi connectivity index (χ1n) is 4.15. The van der Waals surface area contributed by atoms with Gasteiger partial charge in [0.25, 0.3) is 0 Å². The molecule has 2 heteroatoms. The van der Waals surface area contributed by atoms with E-state index in [4.69, 9.17) is 0 Å². The van der Waals surface area contributed by atoms with Crippen molar-refractivity contribution in [2.75, 3.05) is 0 Å². The van der Waals surface area contributed by atoms with Crippen LogP contribution in [0.4, 0.5) is 0 Å². The second-order valence-corrected chi connectivity index (χ2v) is 5.32. The molecule has 1 aromatic rings. The van der Waals surface area contributed by atoms with E-state index in [1.807, 2.05) is 0 Å². The van der Waals surface area contributed by atoms with Gasteiger partial charge in [0.1, 0.15) is 0 Å². The molecule has 0 unspecified atom stereocenters. The van der Waals surface area contributed by atoms with Gasteiger partial charge in [-0.1, -0.05) is 56.1 Å². The molecule has 0 heterocycles. The van der Waals surface area contributed by atoms with Crippen molar-refractivity contribution in [1.29, 1.82) is 0 Å². The first kappa shape index (κ1) is 8.76. The van der Waals surface area contributed by atoms with Gasteiger partial charge >= 0.3 is 0 Å². The lowest BCUT2D eigenvalue weighted by Gasteiger charge is -2.25. The summed E-state index contributed by atoms with van der Waals surface area (Å²) in [5.41, 5.74) is 2.95. The third kappa shape index (κ3) is 1.47. The molecule has 1 aromatic carbocycles. The normalized spacial score (nSPS) is 28.2. The maximum Gasteiger partial charge on any atom is 0.0523 e. The highest BCUT2D eigenvalue weighted by Crippen LogP contribution is 2.39. The van der Waals surface area contributed by atoms with Crippen molar-refractivity contribution in [2.45, 2.75) is 22.5 Å². The lowest BCUT2D eigenvalue weighted by Crippen LogP contribution is -2.15. The Morgan fingerprint density at radius 2 is 1.92 bits per heavy atom. The molecular weight excluding hydrogens is 280 g/mol. The fraction of sp³-hybridized carbons (Fsp3) is 0.400. The summed E-state index contributed by atoms with van der Waals surface area (Å²) in [6, 6.07) is 8.66. The fourth-order valence-electron chi connectivity index (χ4n) is 1.67. The molecule has 0 radical (unpaired) electrons.